The van der Waals surface area contributed by atoms with Crippen LogP contribution in [-0.4, -0.2) is 41.0 Å². The molecule has 0 atom stereocenters. The Bertz CT molecular complexity index is 428. The Morgan fingerprint density at radius 3 is 2.55 bits per heavy atom. The SMILES string of the molecule is CCCc1nc(NN)c(C)c(NCCN2CCCC2)n1. The standard InChI is InChI=1S/C14H26N6/c1-3-6-12-17-13(11(2)14(18-12)19-15)16-7-10-20-8-4-5-9-20/h3-10,15H2,1-2H3,(H2,16,17,18,19). The summed E-state index contributed by atoms with van der Waals surface area (Å²) >= 11 is 0. The highest BCUT2D eigenvalue weighted by atomic mass is 15.3. The second kappa shape index (κ2) is 7.40. The number of hydrazine groups is 1. The van der Waals surface area contributed by atoms with Crippen molar-refractivity contribution in [3.63, 3.8) is 0 Å². The van der Waals surface area contributed by atoms with Crippen LogP contribution in [0, 0.1) is 6.92 Å². The summed E-state index contributed by atoms with van der Waals surface area (Å²) in [4.78, 5) is 11.5. The summed E-state index contributed by atoms with van der Waals surface area (Å²) in [5.41, 5.74) is 3.64. The maximum Gasteiger partial charge on any atom is 0.148 e. The van der Waals surface area contributed by atoms with Gasteiger partial charge in [0.1, 0.15) is 17.5 Å². The summed E-state index contributed by atoms with van der Waals surface area (Å²) in [7, 11) is 0. The number of nitrogen functional groups attached to an aromatic ring is 1. The summed E-state index contributed by atoms with van der Waals surface area (Å²) in [6.45, 7) is 8.54. The maximum atomic E-state index is 5.54. The highest BCUT2D eigenvalue weighted by Crippen LogP contribution is 2.19. The molecular formula is C14H26N6. The minimum atomic E-state index is 0.715. The quantitative estimate of drug-likeness (QED) is 0.518. The molecule has 0 unspecified atom stereocenters. The lowest BCUT2D eigenvalue weighted by Crippen LogP contribution is -2.26. The van der Waals surface area contributed by atoms with Crippen molar-refractivity contribution in [2.45, 2.75) is 39.5 Å². The van der Waals surface area contributed by atoms with Crippen LogP contribution in [0.5, 0.6) is 0 Å². The summed E-state index contributed by atoms with van der Waals surface area (Å²) in [5, 5.41) is 3.43. The largest absolute Gasteiger partial charge is 0.368 e. The fraction of sp³-hybridized carbons (Fsp3) is 0.714. The number of likely N-dealkylation sites (tertiary alicyclic amines) is 1. The van der Waals surface area contributed by atoms with Crippen molar-refractivity contribution >= 4 is 11.6 Å². The van der Waals surface area contributed by atoms with Crippen LogP contribution >= 0.6 is 0 Å². The second-order valence-electron chi connectivity index (χ2n) is 5.33. The lowest BCUT2D eigenvalue weighted by atomic mass is 10.2. The van der Waals surface area contributed by atoms with Crippen LogP contribution in [0.2, 0.25) is 0 Å². The van der Waals surface area contributed by atoms with Gasteiger partial charge in [-0.15, -0.1) is 0 Å². The molecule has 0 spiro atoms. The minimum absolute atomic E-state index is 0.715. The molecule has 1 aliphatic rings. The van der Waals surface area contributed by atoms with Gasteiger partial charge in [0, 0.05) is 25.1 Å². The van der Waals surface area contributed by atoms with Crippen molar-refractivity contribution < 1.29 is 0 Å². The Labute approximate surface area is 121 Å². The first-order chi connectivity index (χ1) is 9.74. The van der Waals surface area contributed by atoms with E-state index in [1.165, 1.54) is 25.9 Å². The molecule has 0 aromatic carbocycles. The van der Waals surface area contributed by atoms with Crippen LogP contribution in [0.4, 0.5) is 11.6 Å². The third kappa shape index (κ3) is 3.80. The van der Waals surface area contributed by atoms with Gasteiger partial charge in [-0.1, -0.05) is 6.92 Å². The van der Waals surface area contributed by atoms with Gasteiger partial charge in [-0.3, -0.25) is 0 Å². The molecule has 4 N–H and O–H groups in total. The van der Waals surface area contributed by atoms with Gasteiger partial charge in [-0.2, -0.15) is 0 Å². The van der Waals surface area contributed by atoms with Crippen LogP contribution in [0.3, 0.4) is 0 Å². The lowest BCUT2D eigenvalue weighted by molar-refractivity contribution is 0.352. The summed E-state index contributed by atoms with van der Waals surface area (Å²) in [6, 6.07) is 0. The average Bonchev–Trinajstić information content (AvgIpc) is 2.95. The van der Waals surface area contributed by atoms with Gasteiger partial charge in [0.15, 0.2) is 0 Å². The summed E-state index contributed by atoms with van der Waals surface area (Å²) in [5.74, 6) is 7.99. The zero-order chi connectivity index (χ0) is 14.4. The zero-order valence-electron chi connectivity index (χ0n) is 12.6. The molecule has 0 radical (unpaired) electrons. The van der Waals surface area contributed by atoms with Gasteiger partial charge in [0.25, 0.3) is 0 Å². The molecule has 1 aromatic rings. The Hall–Kier alpha value is -1.40. The molecule has 0 amide bonds. The molecular weight excluding hydrogens is 252 g/mol. The summed E-state index contributed by atoms with van der Waals surface area (Å²) < 4.78 is 0. The number of aromatic nitrogens is 2. The van der Waals surface area contributed by atoms with E-state index in [2.05, 4.69) is 32.5 Å². The molecule has 0 aliphatic carbocycles. The second-order valence-corrected chi connectivity index (χ2v) is 5.33. The van der Waals surface area contributed by atoms with E-state index in [-0.39, 0.29) is 0 Å². The lowest BCUT2D eigenvalue weighted by Gasteiger charge is -2.17. The van der Waals surface area contributed by atoms with Crippen molar-refractivity contribution in [3.05, 3.63) is 11.4 Å². The molecule has 0 bridgehead atoms. The van der Waals surface area contributed by atoms with Crippen molar-refractivity contribution in [2.75, 3.05) is 36.9 Å². The number of rotatable bonds is 7. The van der Waals surface area contributed by atoms with Crippen molar-refractivity contribution in [1.82, 2.24) is 14.9 Å². The molecule has 1 fully saturated rings. The predicted octanol–water partition coefficient (Wildman–Crippen LogP) is 1.53. The monoisotopic (exact) mass is 278 g/mol. The first-order valence-electron chi connectivity index (χ1n) is 7.55. The molecule has 20 heavy (non-hydrogen) atoms. The molecule has 1 aliphatic heterocycles. The van der Waals surface area contributed by atoms with Crippen LogP contribution in [0.25, 0.3) is 0 Å². The van der Waals surface area contributed by atoms with Crippen molar-refractivity contribution in [3.8, 4) is 0 Å². The predicted molar refractivity (Wildman–Crippen MR) is 82.7 cm³/mol. The number of nitrogens with zero attached hydrogens (tertiary/aromatic N) is 3. The highest BCUT2D eigenvalue weighted by Gasteiger charge is 2.12. The molecule has 2 heterocycles. The molecule has 112 valence electrons. The normalized spacial score (nSPS) is 15.6. The number of hydrogen-bond donors (Lipinski definition) is 3. The van der Waals surface area contributed by atoms with Crippen LogP contribution in [0.15, 0.2) is 0 Å². The van der Waals surface area contributed by atoms with E-state index >= 15 is 0 Å². The van der Waals surface area contributed by atoms with E-state index in [1.807, 2.05) is 6.92 Å². The average molecular weight is 278 g/mol. The first-order valence-corrected chi connectivity index (χ1v) is 7.55. The van der Waals surface area contributed by atoms with E-state index in [4.69, 9.17) is 5.84 Å². The van der Waals surface area contributed by atoms with Gasteiger partial charge < -0.3 is 15.6 Å². The number of aryl methyl sites for hydroxylation is 1. The number of nitrogens with two attached hydrogens (primary N) is 1. The van der Waals surface area contributed by atoms with Gasteiger partial charge >= 0.3 is 0 Å². The van der Waals surface area contributed by atoms with Crippen molar-refractivity contribution in [2.24, 2.45) is 5.84 Å². The first kappa shape index (κ1) is 15.0. The summed E-state index contributed by atoms with van der Waals surface area (Å²) in [6.07, 6.45) is 4.55. The minimum Gasteiger partial charge on any atom is -0.368 e. The molecule has 2 rings (SSSR count). The van der Waals surface area contributed by atoms with Crippen LogP contribution in [-0.2, 0) is 6.42 Å². The number of hydrogen-bond acceptors (Lipinski definition) is 6. The Morgan fingerprint density at radius 2 is 1.90 bits per heavy atom. The van der Waals surface area contributed by atoms with Gasteiger partial charge in [0.05, 0.1) is 0 Å². The van der Waals surface area contributed by atoms with E-state index in [1.54, 1.807) is 0 Å². The van der Waals surface area contributed by atoms with Gasteiger partial charge in [-0.05, 0) is 39.3 Å². The van der Waals surface area contributed by atoms with E-state index in [9.17, 15) is 0 Å². The molecule has 6 heteroatoms. The van der Waals surface area contributed by atoms with Gasteiger partial charge in [-0.25, -0.2) is 15.8 Å². The van der Waals surface area contributed by atoms with E-state index in [0.717, 1.165) is 43.1 Å². The smallest absolute Gasteiger partial charge is 0.148 e. The topological polar surface area (TPSA) is 79.1 Å². The molecule has 6 nitrogen and oxygen atoms in total. The Balaban J connectivity index is 1.98. The van der Waals surface area contributed by atoms with Crippen molar-refractivity contribution in [1.29, 1.82) is 0 Å². The molecule has 1 aromatic heterocycles. The zero-order valence-corrected chi connectivity index (χ0v) is 12.6. The third-order valence-electron chi connectivity index (χ3n) is 3.72. The maximum absolute atomic E-state index is 5.54. The third-order valence-corrected chi connectivity index (χ3v) is 3.72. The fourth-order valence-electron chi connectivity index (χ4n) is 2.55. The van der Waals surface area contributed by atoms with Gasteiger partial charge in [0.2, 0.25) is 0 Å². The van der Waals surface area contributed by atoms with Crippen LogP contribution < -0.4 is 16.6 Å². The Morgan fingerprint density at radius 1 is 1.20 bits per heavy atom. The molecule has 0 saturated carbocycles. The number of nitrogens with one attached hydrogen (secondary N) is 2. The number of anilines is 2. The molecule has 1 saturated heterocycles. The van der Waals surface area contributed by atoms with E-state index in [0.29, 0.717) is 5.82 Å². The fourth-order valence-corrected chi connectivity index (χ4v) is 2.55. The van der Waals surface area contributed by atoms with E-state index < -0.39 is 0 Å². The highest BCUT2D eigenvalue weighted by molar-refractivity contribution is 5.56. The Kier molecular flexibility index (Phi) is 5.55. The van der Waals surface area contributed by atoms with Crippen LogP contribution in [0.1, 0.15) is 37.6 Å².